The van der Waals surface area contributed by atoms with E-state index < -0.39 is 5.92 Å². The van der Waals surface area contributed by atoms with Crippen molar-refractivity contribution in [2.24, 2.45) is 0 Å². The third kappa shape index (κ3) is 3.46. The van der Waals surface area contributed by atoms with Crippen molar-refractivity contribution in [3.8, 4) is 17.2 Å². The highest BCUT2D eigenvalue weighted by molar-refractivity contribution is 6.02. The number of carbonyl (C=O) groups excluding carboxylic acids is 2. The monoisotopic (exact) mass is 393 g/mol. The molecule has 0 saturated heterocycles. The summed E-state index contributed by atoms with van der Waals surface area (Å²) < 4.78 is 10.5. The number of ether oxygens (including phenoxy) is 2. The minimum atomic E-state index is -0.397. The standard InChI is InChI=1S/C23H23NO5/c1-28-19-10-15(11-20(29-2)23(19)27)16-12-21(26)24-17-8-14(9-18(25)22(16)17)13-6-4-3-5-7-13/h3-7,10-11,14,16,27H,8-9,12H2,1-2H3,(H,24,26)/t14-,16-/m1/s1. The number of carbonyl (C=O) groups is 2. The second kappa shape index (κ2) is 7.62. The zero-order valence-corrected chi connectivity index (χ0v) is 16.4. The molecule has 2 atom stereocenters. The van der Waals surface area contributed by atoms with E-state index in [1.54, 1.807) is 12.1 Å². The predicted molar refractivity (Wildman–Crippen MR) is 107 cm³/mol. The van der Waals surface area contributed by atoms with Gasteiger partial charge in [0.05, 0.1) is 14.2 Å². The molecule has 0 radical (unpaired) electrons. The summed E-state index contributed by atoms with van der Waals surface area (Å²) in [6, 6.07) is 13.2. The maximum atomic E-state index is 13.2. The molecular weight excluding hydrogens is 370 g/mol. The molecule has 0 unspecified atom stereocenters. The lowest BCUT2D eigenvalue weighted by atomic mass is 9.73. The predicted octanol–water partition coefficient (Wildman–Crippen LogP) is 3.41. The molecule has 0 spiro atoms. The molecule has 0 bridgehead atoms. The summed E-state index contributed by atoms with van der Waals surface area (Å²) >= 11 is 0. The molecule has 2 N–H and O–H groups in total. The number of phenols is 1. The molecule has 0 aromatic heterocycles. The van der Waals surface area contributed by atoms with Crippen LogP contribution in [0.15, 0.2) is 53.7 Å². The van der Waals surface area contributed by atoms with Crippen molar-refractivity contribution >= 4 is 11.7 Å². The molecular formula is C23H23NO5. The quantitative estimate of drug-likeness (QED) is 0.832. The lowest BCUT2D eigenvalue weighted by Gasteiger charge is -2.34. The van der Waals surface area contributed by atoms with Crippen LogP contribution in [0.3, 0.4) is 0 Å². The van der Waals surface area contributed by atoms with E-state index >= 15 is 0 Å². The summed E-state index contributed by atoms with van der Waals surface area (Å²) in [6.07, 6.45) is 1.18. The van der Waals surface area contributed by atoms with E-state index in [0.29, 0.717) is 29.7 Å². The van der Waals surface area contributed by atoms with E-state index in [0.717, 1.165) is 5.56 Å². The summed E-state index contributed by atoms with van der Waals surface area (Å²) in [7, 11) is 2.90. The molecule has 2 aliphatic rings. The number of amides is 1. The molecule has 0 saturated carbocycles. The lowest BCUT2D eigenvalue weighted by molar-refractivity contribution is -0.122. The number of ketones is 1. The van der Waals surface area contributed by atoms with Crippen molar-refractivity contribution in [2.45, 2.75) is 31.1 Å². The molecule has 1 amide bonds. The fourth-order valence-corrected chi connectivity index (χ4v) is 4.32. The largest absolute Gasteiger partial charge is 0.502 e. The highest BCUT2D eigenvalue weighted by Crippen LogP contribution is 2.46. The molecule has 1 aliphatic carbocycles. The molecule has 6 heteroatoms. The first-order valence-corrected chi connectivity index (χ1v) is 9.57. The van der Waals surface area contributed by atoms with Gasteiger partial charge in [0.1, 0.15) is 0 Å². The van der Waals surface area contributed by atoms with Crippen molar-refractivity contribution in [1.29, 1.82) is 0 Å². The van der Waals surface area contributed by atoms with Gasteiger partial charge >= 0.3 is 0 Å². The van der Waals surface area contributed by atoms with Crippen LogP contribution in [0.2, 0.25) is 0 Å². The SMILES string of the molecule is COc1cc([C@H]2CC(=O)NC3=C2C(=O)C[C@H](c2ccccc2)C3)cc(OC)c1O. The van der Waals surface area contributed by atoms with Crippen molar-refractivity contribution in [1.82, 2.24) is 5.32 Å². The van der Waals surface area contributed by atoms with Crippen molar-refractivity contribution in [3.05, 3.63) is 64.9 Å². The van der Waals surface area contributed by atoms with Gasteiger partial charge in [-0.25, -0.2) is 0 Å². The normalized spacial score (nSPS) is 21.4. The van der Waals surface area contributed by atoms with E-state index in [2.05, 4.69) is 5.32 Å². The van der Waals surface area contributed by atoms with Crippen LogP contribution in [0.5, 0.6) is 17.2 Å². The minimum absolute atomic E-state index is 0.0381. The van der Waals surface area contributed by atoms with E-state index in [1.807, 2.05) is 30.3 Å². The first-order valence-electron chi connectivity index (χ1n) is 9.57. The number of Topliss-reactive ketones (excluding diaryl/α,β-unsaturated/α-hetero) is 1. The molecule has 1 heterocycles. The average molecular weight is 393 g/mol. The fourth-order valence-electron chi connectivity index (χ4n) is 4.32. The Morgan fingerprint density at radius 2 is 1.59 bits per heavy atom. The van der Waals surface area contributed by atoms with E-state index in [-0.39, 0.29) is 41.3 Å². The Bertz CT molecular complexity index is 971. The zero-order chi connectivity index (χ0) is 20.5. The number of hydrogen-bond donors (Lipinski definition) is 2. The summed E-state index contributed by atoms with van der Waals surface area (Å²) in [4.78, 5) is 25.6. The number of hydrogen-bond acceptors (Lipinski definition) is 5. The second-order valence-corrected chi connectivity index (χ2v) is 7.41. The number of nitrogens with one attached hydrogen (secondary N) is 1. The molecule has 6 nitrogen and oxygen atoms in total. The first-order chi connectivity index (χ1) is 14.0. The van der Waals surface area contributed by atoms with Gasteiger partial charge in [0, 0.05) is 30.0 Å². The average Bonchev–Trinajstić information content (AvgIpc) is 2.73. The number of benzene rings is 2. The molecule has 0 fully saturated rings. The number of rotatable bonds is 4. The van der Waals surface area contributed by atoms with E-state index in [9.17, 15) is 14.7 Å². The molecule has 150 valence electrons. The van der Waals surface area contributed by atoms with Gasteiger partial charge in [-0.1, -0.05) is 30.3 Å². The van der Waals surface area contributed by atoms with Gasteiger partial charge in [-0.15, -0.1) is 0 Å². The highest BCUT2D eigenvalue weighted by atomic mass is 16.5. The Balaban J connectivity index is 1.76. The second-order valence-electron chi connectivity index (χ2n) is 7.41. The topological polar surface area (TPSA) is 84.9 Å². The van der Waals surface area contributed by atoms with E-state index in [1.165, 1.54) is 14.2 Å². The van der Waals surface area contributed by atoms with Crippen LogP contribution < -0.4 is 14.8 Å². The summed E-state index contributed by atoms with van der Waals surface area (Å²) in [5.41, 5.74) is 3.15. The molecule has 1 aliphatic heterocycles. The smallest absolute Gasteiger partial charge is 0.225 e. The van der Waals surface area contributed by atoms with Crippen LogP contribution in [0, 0.1) is 0 Å². The zero-order valence-electron chi connectivity index (χ0n) is 16.4. The fraction of sp³-hybridized carbons (Fsp3) is 0.304. The van der Waals surface area contributed by atoms with Crippen LogP contribution >= 0.6 is 0 Å². The van der Waals surface area contributed by atoms with Gasteiger partial charge in [-0.3, -0.25) is 9.59 Å². The molecule has 2 aromatic carbocycles. The molecule has 29 heavy (non-hydrogen) atoms. The van der Waals surface area contributed by atoms with Crippen molar-refractivity contribution in [2.75, 3.05) is 14.2 Å². The Kier molecular flexibility index (Phi) is 5.01. The van der Waals surface area contributed by atoms with Crippen LogP contribution in [0.25, 0.3) is 0 Å². The Hall–Kier alpha value is -3.28. The van der Waals surface area contributed by atoms with Crippen LogP contribution in [0.1, 0.15) is 42.2 Å². The van der Waals surface area contributed by atoms with Gasteiger partial charge in [-0.05, 0) is 35.6 Å². The maximum Gasteiger partial charge on any atom is 0.225 e. The van der Waals surface area contributed by atoms with Gasteiger partial charge < -0.3 is 19.9 Å². The summed E-state index contributed by atoms with van der Waals surface area (Å²) in [5.74, 6) is -0.0442. The number of aromatic hydroxyl groups is 1. The van der Waals surface area contributed by atoms with Gasteiger partial charge in [-0.2, -0.15) is 0 Å². The Labute approximate surface area is 169 Å². The molecule has 4 rings (SSSR count). The maximum absolute atomic E-state index is 13.2. The number of allylic oxidation sites excluding steroid dienone is 2. The number of phenolic OH excluding ortho intramolecular Hbond substituents is 1. The highest BCUT2D eigenvalue weighted by Gasteiger charge is 2.38. The Morgan fingerprint density at radius 1 is 0.931 bits per heavy atom. The summed E-state index contributed by atoms with van der Waals surface area (Å²) in [6.45, 7) is 0. The Morgan fingerprint density at radius 3 is 2.21 bits per heavy atom. The third-order valence-electron chi connectivity index (χ3n) is 5.71. The van der Waals surface area contributed by atoms with Crippen LogP contribution in [-0.4, -0.2) is 31.0 Å². The third-order valence-corrected chi connectivity index (χ3v) is 5.71. The van der Waals surface area contributed by atoms with E-state index in [4.69, 9.17) is 9.47 Å². The van der Waals surface area contributed by atoms with Crippen molar-refractivity contribution < 1.29 is 24.2 Å². The van der Waals surface area contributed by atoms with Crippen LogP contribution in [0.4, 0.5) is 0 Å². The minimum Gasteiger partial charge on any atom is -0.502 e. The lowest BCUT2D eigenvalue weighted by Crippen LogP contribution is -2.38. The number of methoxy groups -OCH3 is 2. The van der Waals surface area contributed by atoms with Gasteiger partial charge in [0.2, 0.25) is 11.7 Å². The molecule has 2 aromatic rings. The first kappa shape index (κ1) is 19.1. The van der Waals surface area contributed by atoms with Crippen molar-refractivity contribution in [3.63, 3.8) is 0 Å². The van der Waals surface area contributed by atoms with Gasteiger partial charge in [0.25, 0.3) is 0 Å². The van der Waals surface area contributed by atoms with Gasteiger partial charge in [0.15, 0.2) is 17.3 Å². The van der Waals surface area contributed by atoms with Crippen LogP contribution in [-0.2, 0) is 9.59 Å². The summed E-state index contributed by atoms with van der Waals surface area (Å²) in [5, 5.41) is 13.1.